The summed E-state index contributed by atoms with van der Waals surface area (Å²) in [7, 11) is 0. The Kier molecular flexibility index (Phi) is 4.69. The van der Waals surface area contributed by atoms with Crippen LogP contribution in [0.5, 0.6) is 0 Å². The van der Waals surface area contributed by atoms with Crippen molar-refractivity contribution in [2.75, 3.05) is 6.54 Å². The van der Waals surface area contributed by atoms with Gasteiger partial charge < -0.3 is 5.32 Å². The Balaban J connectivity index is 2.45. The van der Waals surface area contributed by atoms with Crippen molar-refractivity contribution in [3.8, 4) is 0 Å². The summed E-state index contributed by atoms with van der Waals surface area (Å²) in [5.74, 6) is 0. The summed E-state index contributed by atoms with van der Waals surface area (Å²) in [4.78, 5) is 8.12. The lowest BCUT2D eigenvalue weighted by atomic mass is 10.0. The second kappa shape index (κ2) is 6.27. The van der Waals surface area contributed by atoms with Crippen LogP contribution in [0.3, 0.4) is 0 Å². The summed E-state index contributed by atoms with van der Waals surface area (Å²) in [6, 6.07) is 5.91. The average Bonchev–Trinajstić information content (AvgIpc) is 2.41. The number of hydrogen-bond acceptors (Lipinski definition) is 3. The molecule has 0 saturated heterocycles. The molecular weight excluding hydrogens is 314 g/mol. The molecule has 0 aliphatic heterocycles. The molecule has 1 aromatic carbocycles. The van der Waals surface area contributed by atoms with E-state index in [1.807, 2.05) is 18.2 Å². The van der Waals surface area contributed by atoms with Crippen molar-refractivity contribution >= 4 is 27.5 Å². The molecule has 2 aromatic rings. The fourth-order valence-corrected chi connectivity index (χ4v) is 2.43. The fraction of sp³-hybridized carbons (Fsp3) is 0.231. The van der Waals surface area contributed by atoms with E-state index >= 15 is 0 Å². The van der Waals surface area contributed by atoms with Crippen LogP contribution in [-0.2, 0) is 0 Å². The Bertz CT molecular complexity index is 519. The van der Waals surface area contributed by atoms with Gasteiger partial charge in [-0.05, 0) is 34.1 Å². The third kappa shape index (κ3) is 2.88. The van der Waals surface area contributed by atoms with Gasteiger partial charge >= 0.3 is 0 Å². The standard InChI is InChI=1S/C13H13BrClN3/c1-2-18-13(9-6-16-8-17-7-9)10-4-3-5-11(14)12(10)15/h3-8,13,18H,2H2,1H3. The van der Waals surface area contributed by atoms with Crippen LogP contribution in [0.1, 0.15) is 24.1 Å². The average molecular weight is 327 g/mol. The van der Waals surface area contributed by atoms with E-state index in [1.54, 1.807) is 12.4 Å². The first-order chi connectivity index (χ1) is 8.74. The second-order valence-electron chi connectivity index (χ2n) is 3.81. The van der Waals surface area contributed by atoms with Gasteiger partial charge in [0, 0.05) is 22.4 Å². The lowest BCUT2D eigenvalue weighted by Crippen LogP contribution is -2.22. The molecule has 0 spiro atoms. The van der Waals surface area contributed by atoms with E-state index in [-0.39, 0.29) is 6.04 Å². The molecule has 1 atom stereocenters. The van der Waals surface area contributed by atoms with Crippen molar-refractivity contribution in [3.63, 3.8) is 0 Å². The molecule has 1 heterocycles. The third-order valence-corrected chi connectivity index (χ3v) is 3.93. The van der Waals surface area contributed by atoms with E-state index < -0.39 is 0 Å². The highest BCUT2D eigenvalue weighted by Crippen LogP contribution is 2.32. The molecule has 0 bridgehead atoms. The van der Waals surface area contributed by atoms with Gasteiger partial charge in [-0.25, -0.2) is 9.97 Å². The summed E-state index contributed by atoms with van der Waals surface area (Å²) in [6.45, 7) is 2.89. The minimum absolute atomic E-state index is 0.00111. The maximum absolute atomic E-state index is 6.35. The topological polar surface area (TPSA) is 37.8 Å². The first-order valence-electron chi connectivity index (χ1n) is 5.66. The van der Waals surface area contributed by atoms with E-state index in [0.29, 0.717) is 5.02 Å². The molecule has 0 fully saturated rings. The van der Waals surface area contributed by atoms with Gasteiger partial charge in [0.05, 0.1) is 11.1 Å². The second-order valence-corrected chi connectivity index (χ2v) is 5.04. The number of nitrogens with zero attached hydrogens (tertiary/aromatic N) is 2. The summed E-state index contributed by atoms with van der Waals surface area (Å²) < 4.78 is 0.890. The smallest absolute Gasteiger partial charge is 0.115 e. The number of halogens is 2. The highest BCUT2D eigenvalue weighted by Gasteiger charge is 2.17. The quantitative estimate of drug-likeness (QED) is 0.933. The summed E-state index contributed by atoms with van der Waals surface area (Å²) in [6.07, 6.45) is 5.13. The molecule has 1 unspecified atom stereocenters. The molecule has 0 aliphatic rings. The predicted molar refractivity (Wildman–Crippen MR) is 76.7 cm³/mol. The van der Waals surface area contributed by atoms with Gasteiger partial charge in [-0.15, -0.1) is 0 Å². The molecule has 18 heavy (non-hydrogen) atoms. The number of hydrogen-bond donors (Lipinski definition) is 1. The van der Waals surface area contributed by atoms with Gasteiger partial charge in [-0.1, -0.05) is 30.7 Å². The molecule has 3 nitrogen and oxygen atoms in total. The van der Waals surface area contributed by atoms with Crippen molar-refractivity contribution in [3.05, 3.63) is 57.5 Å². The van der Waals surface area contributed by atoms with E-state index in [4.69, 9.17) is 11.6 Å². The van der Waals surface area contributed by atoms with Gasteiger partial charge in [0.1, 0.15) is 6.33 Å². The SMILES string of the molecule is CCNC(c1cncnc1)c1cccc(Br)c1Cl. The van der Waals surface area contributed by atoms with Crippen molar-refractivity contribution in [1.29, 1.82) is 0 Å². The van der Waals surface area contributed by atoms with Crippen LogP contribution < -0.4 is 5.32 Å². The summed E-state index contributed by atoms with van der Waals surface area (Å²) >= 11 is 9.79. The van der Waals surface area contributed by atoms with Gasteiger partial charge in [-0.3, -0.25) is 0 Å². The minimum atomic E-state index is 0.00111. The lowest BCUT2D eigenvalue weighted by molar-refractivity contribution is 0.626. The van der Waals surface area contributed by atoms with Crippen LogP contribution in [0.4, 0.5) is 0 Å². The Morgan fingerprint density at radius 1 is 1.33 bits per heavy atom. The lowest BCUT2D eigenvalue weighted by Gasteiger charge is -2.19. The molecule has 1 aromatic heterocycles. The van der Waals surface area contributed by atoms with Crippen LogP contribution in [-0.4, -0.2) is 16.5 Å². The van der Waals surface area contributed by atoms with Crippen molar-refractivity contribution in [2.24, 2.45) is 0 Å². The Hall–Kier alpha value is -0.970. The largest absolute Gasteiger partial charge is 0.306 e. The fourth-order valence-electron chi connectivity index (χ4n) is 1.81. The zero-order valence-electron chi connectivity index (χ0n) is 9.90. The molecule has 0 aliphatic carbocycles. The zero-order chi connectivity index (χ0) is 13.0. The normalized spacial score (nSPS) is 12.4. The van der Waals surface area contributed by atoms with Crippen molar-refractivity contribution in [1.82, 2.24) is 15.3 Å². The molecule has 2 rings (SSSR count). The summed E-state index contributed by atoms with van der Waals surface area (Å²) in [5, 5.41) is 4.11. The van der Waals surface area contributed by atoms with Crippen LogP contribution in [0.15, 0.2) is 41.4 Å². The van der Waals surface area contributed by atoms with Crippen LogP contribution in [0.25, 0.3) is 0 Å². The Labute approximate surface area is 120 Å². The number of rotatable bonds is 4. The Morgan fingerprint density at radius 2 is 2.06 bits per heavy atom. The first-order valence-corrected chi connectivity index (χ1v) is 6.83. The monoisotopic (exact) mass is 325 g/mol. The van der Waals surface area contributed by atoms with Gasteiger partial charge in [0.15, 0.2) is 0 Å². The highest BCUT2D eigenvalue weighted by atomic mass is 79.9. The summed E-state index contributed by atoms with van der Waals surface area (Å²) in [5.41, 5.74) is 2.02. The zero-order valence-corrected chi connectivity index (χ0v) is 12.2. The highest BCUT2D eigenvalue weighted by molar-refractivity contribution is 9.10. The van der Waals surface area contributed by atoms with Gasteiger partial charge in [0.25, 0.3) is 0 Å². The number of nitrogens with one attached hydrogen (secondary N) is 1. The van der Waals surface area contributed by atoms with E-state index in [9.17, 15) is 0 Å². The molecule has 5 heteroatoms. The molecule has 1 N–H and O–H groups in total. The van der Waals surface area contributed by atoms with Crippen LogP contribution in [0.2, 0.25) is 5.02 Å². The Morgan fingerprint density at radius 3 is 2.72 bits per heavy atom. The molecule has 0 amide bonds. The molecule has 0 radical (unpaired) electrons. The minimum Gasteiger partial charge on any atom is -0.306 e. The van der Waals surface area contributed by atoms with Crippen LogP contribution in [0, 0.1) is 0 Å². The number of aromatic nitrogens is 2. The maximum atomic E-state index is 6.35. The van der Waals surface area contributed by atoms with Gasteiger partial charge in [-0.2, -0.15) is 0 Å². The molecule has 0 saturated carbocycles. The van der Waals surface area contributed by atoms with Crippen molar-refractivity contribution in [2.45, 2.75) is 13.0 Å². The van der Waals surface area contributed by atoms with Crippen LogP contribution >= 0.6 is 27.5 Å². The van der Waals surface area contributed by atoms with Crippen molar-refractivity contribution < 1.29 is 0 Å². The molecule has 94 valence electrons. The third-order valence-electron chi connectivity index (χ3n) is 2.61. The number of benzene rings is 1. The first kappa shape index (κ1) is 13.5. The van der Waals surface area contributed by atoms with E-state index in [1.165, 1.54) is 6.33 Å². The van der Waals surface area contributed by atoms with Gasteiger partial charge in [0.2, 0.25) is 0 Å². The van der Waals surface area contributed by atoms with E-state index in [2.05, 4.69) is 38.1 Å². The molecular formula is C13H13BrClN3. The maximum Gasteiger partial charge on any atom is 0.115 e. The predicted octanol–water partition coefficient (Wildman–Crippen LogP) is 3.59. The van der Waals surface area contributed by atoms with E-state index in [0.717, 1.165) is 22.1 Å².